The second-order valence-corrected chi connectivity index (χ2v) is 18.4. The molecule has 0 saturated carbocycles. The van der Waals surface area contributed by atoms with Crippen molar-refractivity contribution in [3.8, 4) is 33.6 Å². The minimum atomic E-state index is -3.28. The van der Waals surface area contributed by atoms with Crippen LogP contribution in [0.3, 0.4) is 0 Å². The molecule has 1 atom stereocenters. The molecule has 184 valence electrons. The summed E-state index contributed by atoms with van der Waals surface area (Å²) in [5, 5.41) is 0. The van der Waals surface area contributed by atoms with Crippen molar-refractivity contribution < 1.29 is 26.1 Å². The van der Waals surface area contributed by atoms with Gasteiger partial charge in [0, 0.05) is 0 Å². The molecule has 1 unspecified atom stereocenters. The van der Waals surface area contributed by atoms with Crippen molar-refractivity contribution in [1.82, 2.24) is 0 Å². The van der Waals surface area contributed by atoms with Gasteiger partial charge < -0.3 is 0 Å². The van der Waals surface area contributed by atoms with Crippen LogP contribution in [0.25, 0.3) is 33.6 Å². The molecule has 1 spiro atoms. The molecule has 3 aromatic carbocycles. The number of benzene rings is 3. The van der Waals surface area contributed by atoms with E-state index >= 15 is 0 Å². The van der Waals surface area contributed by atoms with Crippen molar-refractivity contribution in [3.05, 3.63) is 128 Å². The Morgan fingerprint density at radius 3 is 1.92 bits per heavy atom. The first-order chi connectivity index (χ1) is 18.2. The fourth-order valence-corrected chi connectivity index (χ4v) is 20.9. The Morgan fingerprint density at radius 1 is 0.649 bits per heavy atom. The number of aryl methyl sites for hydroxylation is 1. The van der Waals surface area contributed by atoms with Gasteiger partial charge in [0.05, 0.1) is 0 Å². The molecule has 2 aliphatic heterocycles. The van der Waals surface area contributed by atoms with Gasteiger partial charge in [0.25, 0.3) is 0 Å². The van der Waals surface area contributed by atoms with Gasteiger partial charge in [-0.3, -0.25) is 0 Å². The van der Waals surface area contributed by atoms with Crippen LogP contribution in [0.15, 0.2) is 116 Å². The van der Waals surface area contributed by atoms with Gasteiger partial charge in [-0.15, -0.1) is 0 Å². The van der Waals surface area contributed by atoms with Crippen molar-refractivity contribution in [3.63, 3.8) is 0 Å². The zero-order valence-electron chi connectivity index (χ0n) is 21.7. The minimum absolute atomic E-state index is 0.00732. The third kappa shape index (κ3) is 2.81. The first-order valence-electron chi connectivity index (χ1n) is 13.3. The van der Waals surface area contributed by atoms with Gasteiger partial charge in [0.2, 0.25) is 0 Å². The molecule has 0 fully saturated rings. The Balaban J connectivity index is 1.70. The van der Waals surface area contributed by atoms with Crippen LogP contribution in [-0.2, 0) is 3.55 Å². The monoisotopic (exact) mass is 595 g/mol. The molecule has 3 heteroatoms. The molecule has 0 saturated heterocycles. The molecule has 37 heavy (non-hydrogen) atoms. The molecule has 0 bridgehead atoms. The summed E-state index contributed by atoms with van der Waals surface area (Å²) in [6.07, 6.45) is 7.07. The molecule has 2 aliphatic rings. The maximum atomic E-state index is 2.82. The number of pyridine rings is 2. The fraction of sp³-hybridized carbons (Fsp3) is 0.176. The molecule has 2 nitrogen and oxygen atoms in total. The van der Waals surface area contributed by atoms with Crippen LogP contribution in [0.1, 0.15) is 32.3 Å². The third-order valence-corrected chi connectivity index (χ3v) is 20.9. The van der Waals surface area contributed by atoms with E-state index in [-0.39, 0.29) is 3.55 Å². The second kappa shape index (κ2) is 8.35. The summed E-state index contributed by atoms with van der Waals surface area (Å²) in [5.74, 6) is 0. The topological polar surface area (TPSA) is 7.76 Å². The van der Waals surface area contributed by atoms with Crippen molar-refractivity contribution in [1.29, 1.82) is 0 Å². The molecule has 4 heterocycles. The summed E-state index contributed by atoms with van der Waals surface area (Å²) in [6, 6.07) is 38.8. The van der Waals surface area contributed by atoms with Crippen molar-refractivity contribution in [2.75, 3.05) is 0 Å². The summed E-state index contributed by atoms with van der Waals surface area (Å²) in [7, 11) is 0. The summed E-state index contributed by atoms with van der Waals surface area (Å²) in [4.78, 5) is 0. The van der Waals surface area contributed by atoms with Gasteiger partial charge in [0.1, 0.15) is 0 Å². The van der Waals surface area contributed by atoms with Gasteiger partial charge in [-0.25, -0.2) is 0 Å². The SMILES string of the molecule is CCC1(CC)[n+]2ccccc2-c2ccccc2[I-]12c1ccccc1-c1cc(C)c(-c3ccccc3)c[n+]12. The number of fused-ring (bicyclic) bond motifs is 9. The van der Waals surface area contributed by atoms with Gasteiger partial charge in [-0.1, -0.05) is 0 Å². The molecule has 0 amide bonds. The van der Waals surface area contributed by atoms with E-state index in [9.17, 15) is 0 Å². The van der Waals surface area contributed by atoms with E-state index in [1.807, 2.05) is 0 Å². The van der Waals surface area contributed by atoms with Crippen LogP contribution in [0.4, 0.5) is 0 Å². The number of hydrogen-bond acceptors (Lipinski definition) is 0. The van der Waals surface area contributed by atoms with Gasteiger partial charge in [-0.2, -0.15) is 0 Å². The van der Waals surface area contributed by atoms with E-state index in [1.165, 1.54) is 39.2 Å². The first-order valence-corrected chi connectivity index (χ1v) is 17.5. The molecular weight excluding hydrogens is 563 g/mol. The van der Waals surface area contributed by atoms with E-state index in [2.05, 4.69) is 144 Å². The van der Waals surface area contributed by atoms with Crippen molar-refractivity contribution >= 4 is 0 Å². The molecule has 0 radical (unpaired) electrons. The zero-order valence-corrected chi connectivity index (χ0v) is 23.8. The van der Waals surface area contributed by atoms with Crippen LogP contribution < -0.4 is 26.1 Å². The standard InChI is InChI=1S/C34H32IN2/c1-4-34(5-2)35(30-19-11-9-17-27(30)32-21-13-14-22-36(32)34)31-20-12-10-18-28(31)33-23-25(3)29(24-37(33)35)26-15-7-6-8-16-26/h6-24H,4-5H2,1-3H3/q+1. The number of alkyl halides is 1. The average Bonchev–Trinajstić information content (AvgIpc) is 3.24. The van der Waals surface area contributed by atoms with Gasteiger partial charge in [-0.05, 0) is 0 Å². The summed E-state index contributed by atoms with van der Waals surface area (Å²) in [5.41, 5.74) is 9.50. The normalized spacial score (nSPS) is 19.9. The number of aromatic nitrogens is 2. The van der Waals surface area contributed by atoms with Crippen LogP contribution in [0, 0.1) is 14.1 Å². The second-order valence-electron chi connectivity index (χ2n) is 10.0. The molecule has 2 aromatic heterocycles. The van der Waals surface area contributed by atoms with Gasteiger partial charge in [0.15, 0.2) is 0 Å². The Bertz CT molecular complexity index is 1670. The zero-order chi connectivity index (χ0) is 25.2. The summed E-state index contributed by atoms with van der Waals surface area (Å²) < 4.78 is 8.64. The van der Waals surface area contributed by atoms with E-state index in [4.69, 9.17) is 0 Å². The number of rotatable bonds is 3. The van der Waals surface area contributed by atoms with Crippen LogP contribution >= 0.6 is 0 Å². The number of hydrogen-bond donors (Lipinski definition) is 0. The van der Waals surface area contributed by atoms with Crippen molar-refractivity contribution in [2.45, 2.75) is 37.2 Å². The number of nitrogens with zero attached hydrogens (tertiary/aromatic N) is 2. The first kappa shape index (κ1) is 22.9. The van der Waals surface area contributed by atoms with E-state index < -0.39 is 18.7 Å². The molecular formula is C34H32IN2+. The van der Waals surface area contributed by atoms with E-state index in [0.29, 0.717) is 0 Å². The van der Waals surface area contributed by atoms with Crippen LogP contribution in [-0.4, -0.2) is 0 Å². The van der Waals surface area contributed by atoms with Crippen LogP contribution in [0.5, 0.6) is 0 Å². The maximum absolute atomic E-state index is 3.28. The van der Waals surface area contributed by atoms with Crippen molar-refractivity contribution in [2.24, 2.45) is 0 Å². The van der Waals surface area contributed by atoms with E-state index in [0.717, 1.165) is 12.8 Å². The molecule has 7 rings (SSSR count). The predicted octanol–water partition coefficient (Wildman–Crippen LogP) is 4.03. The third-order valence-electron chi connectivity index (χ3n) is 8.38. The summed E-state index contributed by atoms with van der Waals surface area (Å²) >= 11 is -3.28. The Labute approximate surface area is 224 Å². The Kier molecular flexibility index (Phi) is 5.16. The molecule has 0 aliphatic carbocycles. The predicted molar refractivity (Wildman–Crippen MR) is 146 cm³/mol. The number of halogens is 1. The molecule has 0 N–H and O–H groups in total. The summed E-state index contributed by atoms with van der Waals surface area (Å²) in [6.45, 7) is 7.11. The Morgan fingerprint density at radius 2 is 1.24 bits per heavy atom. The quantitative estimate of drug-likeness (QED) is 0.169. The van der Waals surface area contributed by atoms with E-state index in [1.54, 1.807) is 7.14 Å². The Hall–Kier alpha value is -3.31. The molecule has 5 aromatic rings. The van der Waals surface area contributed by atoms with Gasteiger partial charge >= 0.3 is 225 Å². The average molecular weight is 596 g/mol. The van der Waals surface area contributed by atoms with Crippen LogP contribution in [0.2, 0.25) is 0 Å². The fourth-order valence-electron chi connectivity index (χ4n) is 6.74.